The SMILES string of the molecule is Cc1ccc2cc(-c3nc(Cl)c(I)c(Cl)n3)ccc2n1. The normalized spacial score (nSPS) is 11.0. The summed E-state index contributed by atoms with van der Waals surface area (Å²) >= 11 is 14.1. The van der Waals surface area contributed by atoms with Crippen LogP contribution in [0, 0.1) is 10.5 Å². The summed E-state index contributed by atoms with van der Waals surface area (Å²) in [5.74, 6) is 0.517. The van der Waals surface area contributed by atoms with Crippen LogP contribution in [0.15, 0.2) is 30.3 Å². The lowest BCUT2D eigenvalue weighted by atomic mass is 10.1. The third-order valence-corrected chi connectivity index (χ3v) is 5.06. The Hall–Kier alpha value is -0.980. The summed E-state index contributed by atoms with van der Waals surface area (Å²) in [6.45, 7) is 1.97. The zero-order chi connectivity index (χ0) is 14.3. The molecule has 0 amide bonds. The van der Waals surface area contributed by atoms with Crippen LogP contribution < -0.4 is 0 Å². The first-order valence-electron chi connectivity index (χ1n) is 5.81. The van der Waals surface area contributed by atoms with E-state index in [2.05, 4.69) is 15.0 Å². The number of pyridine rings is 1. The molecule has 2 aromatic heterocycles. The zero-order valence-electron chi connectivity index (χ0n) is 10.4. The molecule has 0 bridgehead atoms. The summed E-state index contributed by atoms with van der Waals surface area (Å²) in [5.41, 5.74) is 2.79. The minimum Gasteiger partial charge on any atom is -0.253 e. The van der Waals surface area contributed by atoms with E-state index in [0.29, 0.717) is 19.7 Å². The van der Waals surface area contributed by atoms with Crippen molar-refractivity contribution in [1.29, 1.82) is 0 Å². The van der Waals surface area contributed by atoms with Gasteiger partial charge in [-0.1, -0.05) is 29.3 Å². The highest BCUT2D eigenvalue weighted by atomic mass is 127. The third kappa shape index (κ3) is 2.60. The highest BCUT2D eigenvalue weighted by molar-refractivity contribution is 14.1. The quantitative estimate of drug-likeness (QED) is 0.418. The van der Waals surface area contributed by atoms with E-state index in [-0.39, 0.29) is 0 Å². The molecule has 6 heteroatoms. The third-order valence-electron chi connectivity index (χ3n) is 2.86. The lowest BCUT2D eigenvalue weighted by molar-refractivity contribution is 1.16. The molecule has 0 atom stereocenters. The molecule has 0 fully saturated rings. The number of halogens is 3. The maximum absolute atomic E-state index is 6.05. The molecular formula is C14H8Cl2IN3. The predicted molar refractivity (Wildman–Crippen MR) is 90.2 cm³/mol. The number of rotatable bonds is 1. The van der Waals surface area contributed by atoms with Gasteiger partial charge in [-0.15, -0.1) is 0 Å². The van der Waals surface area contributed by atoms with Crippen LogP contribution in [0.25, 0.3) is 22.3 Å². The van der Waals surface area contributed by atoms with E-state index in [1.807, 2.05) is 59.8 Å². The summed E-state index contributed by atoms with van der Waals surface area (Å²) in [4.78, 5) is 13.0. The van der Waals surface area contributed by atoms with Crippen molar-refractivity contribution in [2.75, 3.05) is 0 Å². The highest BCUT2D eigenvalue weighted by Gasteiger charge is 2.11. The monoisotopic (exact) mass is 415 g/mol. The van der Waals surface area contributed by atoms with Crippen molar-refractivity contribution in [3.63, 3.8) is 0 Å². The molecular weight excluding hydrogens is 408 g/mol. The number of benzene rings is 1. The average Bonchev–Trinajstić information content (AvgIpc) is 2.43. The highest BCUT2D eigenvalue weighted by Crippen LogP contribution is 2.28. The van der Waals surface area contributed by atoms with Gasteiger partial charge in [-0.2, -0.15) is 0 Å². The van der Waals surface area contributed by atoms with E-state index in [9.17, 15) is 0 Å². The van der Waals surface area contributed by atoms with Gasteiger partial charge in [0, 0.05) is 16.6 Å². The van der Waals surface area contributed by atoms with Gasteiger partial charge in [0.2, 0.25) is 0 Å². The lowest BCUT2D eigenvalue weighted by Gasteiger charge is -2.05. The molecule has 0 saturated heterocycles. The lowest BCUT2D eigenvalue weighted by Crippen LogP contribution is -1.94. The Kier molecular flexibility index (Phi) is 3.79. The van der Waals surface area contributed by atoms with Crippen LogP contribution in [0.3, 0.4) is 0 Å². The Morgan fingerprint density at radius 1 is 0.950 bits per heavy atom. The molecule has 1 aromatic carbocycles. The average molecular weight is 416 g/mol. The van der Waals surface area contributed by atoms with E-state index in [4.69, 9.17) is 23.2 Å². The first-order valence-corrected chi connectivity index (χ1v) is 7.64. The van der Waals surface area contributed by atoms with Gasteiger partial charge < -0.3 is 0 Å². The fraction of sp³-hybridized carbons (Fsp3) is 0.0714. The minimum absolute atomic E-state index is 0.364. The molecule has 2 heterocycles. The van der Waals surface area contributed by atoms with Crippen molar-refractivity contribution >= 4 is 56.7 Å². The molecule has 20 heavy (non-hydrogen) atoms. The Bertz CT molecular complexity index is 798. The molecule has 0 spiro atoms. The Morgan fingerprint density at radius 2 is 1.65 bits per heavy atom. The molecule has 0 saturated carbocycles. The van der Waals surface area contributed by atoms with Crippen LogP contribution in [0.1, 0.15) is 5.69 Å². The molecule has 0 aliphatic heterocycles. The summed E-state index contributed by atoms with van der Waals surface area (Å²) in [5, 5.41) is 1.76. The smallest absolute Gasteiger partial charge is 0.162 e. The summed E-state index contributed by atoms with van der Waals surface area (Å²) < 4.78 is 0.660. The maximum atomic E-state index is 6.05. The molecule has 0 aliphatic carbocycles. The first-order chi connectivity index (χ1) is 9.54. The second kappa shape index (κ2) is 5.42. The molecule has 0 N–H and O–H groups in total. The van der Waals surface area contributed by atoms with Crippen molar-refractivity contribution in [3.05, 3.63) is 49.9 Å². The number of nitrogens with zero attached hydrogens (tertiary/aromatic N) is 3. The van der Waals surface area contributed by atoms with E-state index in [1.54, 1.807) is 0 Å². The molecule has 3 aromatic rings. The summed E-state index contributed by atoms with van der Waals surface area (Å²) in [6.07, 6.45) is 0. The van der Waals surface area contributed by atoms with Gasteiger partial charge in [-0.3, -0.25) is 4.98 Å². The van der Waals surface area contributed by atoms with E-state index in [1.165, 1.54) is 0 Å². The van der Waals surface area contributed by atoms with Gasteiger partial charge >= 0.3 is 0 Å². The van der Waals surface area contributed by atoms with Gasteiger partial charge in [0.25, 0.3) is 0 Å². The van der Waals surface area contributed by atoms with Crippen molar-refractivity contribution in [1.82, 2.24) is 15.0 Å². The van der Waals surface area contributed by atoms with Crippen LogP contribution in [-0.2, 0) is 0 Å². The Morgan fingerprint density at radius 3 is 2.35 bits per heavy atom. The fourth-order valence-electron chi connectivity index (χ4n) is 1.89. The van der Waals surface area contributed by atoms with Crippen molar-refractivity contribution in [2.45, 2.75) is 6.92 Å². The Labute approximate surface area is 139 Å². The van der Waals surface area contributed by atoms with Gasteiger partial charge in [0.15, 0.2) is 5.82 Å². The van der Waals surface area contributed by atoms with Crippen LogP contribution in [0.5, 0.6) is 0 Å². The van der Waals surface area contributed by atoms with Gasteiger partial charge in [0.1, 0.15) is 10.3 Å². The van der Waals surface area contributed by atoms with Crippen LogP contribution in [-0.4, -0.2) is 15.0 Å². The minimum atomic E-state index is 0.364. The first kappa shape index (κ1) is 14.0. The largest absolute Gasteiger partial charge is 0.253 e. The van der Waals surface area contributed by atoms with Crippen molar-refractivity contribution < 1.29 is 0 Å². The molecule has 3 rings (SSSR count). The number of aromatic nitrogens is 3. The predicted octanol–water partition coefficient (Wildman–Crippen LogP) is 4.91. The molecule has 100 valence electrons. The topological polar surface area (TPSA) is 38.7 Å². The standard InChI is InChI=1S/C14H8Cl2IN3/c1-7-2-3-8-6-9(4-5-10(8)18-7)14-19-12(15)11(17)13(16)20-14/h2-6H,1H3. The molecule has 3 nitrogen and oxygen atoms in total. The second-order valence-electron chi connectivity index (χ2n) is 4.30. The van der Waals surface area contributed by atoms with E-state index >= 15 is 0 Å². The molecule has 0 radical (unpaired) electrons. The number of aryl methyl sites for hydroxylation is 1. The van der Waals surface area contributed by atoms with E-state index < -0.39 is 0 Å². The maximum Gasteiger partial charge on any atom is 0.162 e. The number of fused-ring (bicyclic) bond motifs is 1. The Balaban J connectivity index is 2.17. The fourth-order valence-corrected chi connectivity index (χ4v) is 2.52. The van der Waals surface area contributed by atoms with Crippen LogP contribution in [0.4, 0.5) is 0 Å². The molecule has 0 aliphatic rings. The van der Waals surface area contributed by atoms with Gasteiger partial charge in [-0.05, 0) is 53.8 Å². The number of hydrogen-bond acceptors (Lipinski definition) is 3. The van der Waals surface area contributed by atoms with Crippen LogP contribution >= 0.6 is 45.8 Å². The van der Waals surface area contributed by atoms with Gasteiger partial charge in [-0.25, -0.2) is 9.97 Å². The van der Waals surface area contributed by atoms with Crippen molar-refractivity contribution in [2.24, 2.45) is 0 Å². The zero-order valence-corrected chi connectivity index (χ0v) is 14.0. The van der Waals surface area contributed by atoms with Gasteiger partial charge in [0.05, 0.1) is 9.09 Å². The van der Waals surface area contributed by atoms with Crippen LogP contribution in [0.2, 0.25) is 10.3 Å². The van der Waals surface area contributed by atoms with Crippen molar-refractivity contribution in [3.8, 4) is 11.4 Å². The van der Waals surface area contributed by atoms with E-state index in [0.717, 1.165) is 22.2 Å². The number of hydrogen-bond donors (Lipinski definition) is 0. The summed E-state index contributed by atoms with van der Waals surface area (Å²) in [7, 11) is 0. The molecule has 0 unspecified atom stereocenters. The second-order valence-corrected chi connectivity index (χ2v) is 6.10. The summed E-state index contributed by atoms with van der Waals surface area (Å²) in [6, 6.07) is 9.85.